The molecular weight excluding hydrogens is 541 g/mol. The van der Waals surface area contributed by atoms with Gasteiger partial charge in [-0.2, -0.15) is 9.65 Å². The summed E-state index contributed by atoms with van der Waals surface area (Å²) in [4.78, 5) is 18.5. The molecule has 4 aromatic heterocycles. The molecule has 216 valence electrons. The molecule has 4 aliphatic heterocycles. The third-order valence-corrected chi connectivity index (χ3v) is 8.17. The number of halogens is 1. The van der Waals surface area contributed by atoms with E-state index < -0.39 is 5.95 Å². The molecule has 3 atom stereocenters. The van der Waals surface area contributed by atoms with Crippen molar-refractivity contribution in [1.29, 1.82) is 5.26 Å². The number of piperazine rings is 1. The number of anilines is 1. The summed E-state index contributed by atoms with van der Waals surface area (Å²) in [6.07, 6.45) is 7.89. The summed E-state index contributed by atoms with van der Waals surface area (Å²) < 4.78 is 32.8. The van der Waals surface area contributed by atoms with E-state index in [0.717, 1.165) is 44.0 Å². The van der Waals surface area contributed by atoms with Gasteiger partial charge in [0.05, 0.1) is 43.5 Å². The fraction of sp³-hybridized carbons (Fsp3) is 0.414. The van der Waals surface area contributed by atoms with Gasteiger partial charge in [0.1, 0.15) is 35.9 Å². The number of ether oxygens (including phenoxy) is 3. The number of hydrogen-bond acceptors (Lipinski definition) is 11. The van der Waals surface area contributed by atoms with Crippen LogP contribution in [0.1, 0.15) is 17.5 Å². The molecule has 0 amide bonds. The van der Waals surface area contributed by atoms with Crippen molar-refractivity contribution in [2.24, 2.45) is 0 Å². The maximum Gasteiger partial charge on any atom is 0.251 e. The number of hydrogen-bond donors (Lipinski definition) is 1. The van der Waals surface area contributed by atoms with E-state index in [1.807, 2.05) is 18.3 Å². The van der Waals surface area contributed by atoms with Crippen LogP contribution in [0.15, 0.2) is 43.0 Å². The highest BCUT2D eigenvalue weighted by Crippen LogP contribution is 2.36. The van der Waals surface area contributed by atoms with E-state index in [4.69, 9.17) is 24.2 Å². The van der Waals surface area contributed by atoms with Crippen LogP contribution in [0.5, 0.6) is 11.6 Å². The monoisotopic (exact) mass is 571 g/mol. The number of fused-ring (bicyclic) bond motifs is 3. The molecule has 8 heterocycles. The lowest BCUT2D eigenvalue weighted by molar-refractivity contribution is -0.00879. The third-order valence-electron chi connectivity index (χ3n) is 8.17. The van der Waals surface area contributed by atoms with Gasteiger partial charge in [-0.25, -0.2) is 14.5 Å². The van der Waals surface area contributed by atoms with Gasteiger partial charge in [0, 0.05) is 62.6 Å². The van der Waals surface area contributed by atoms with Crippen LogP contribution < -0.4 is 19.7 Å². The van der Waals surface area contributed by atoms with Crippen molar-refractivity contribution in [3.05, 3.63) is 60.1 Å². The lowest BCUT2D eigenvalue weighted by Crippen LogP contribution is -2.68. The third kappa shape index (κ3) is 4.98. The van der Waals surface area contributed by atoms with Crippen molar-refractivity contribution >= 4 is 11.3 Å². The SMILES string of the molecule is COc1ccc(CN2C3CC2CN(c2cnc(-c4cc(OC[C@@H]5CNCCO5)cn5nc(F)c(C#N)c45)cn2)C3)cn1. The lowest BCUT2D eigenvalue weighted by Gasteiger charge is -2.56. The minimum atomic E-state index is -0.845. The van der Waals surface area contributed by atoms with E-state index in [0.29, 0.717) is 60.2 Å². The number of pyridine rings is 2. The lowest BCUT2D eigenvalue weighted by atomic mass is 9.87. The van der Waals surface area contributed by atoms with E-state index >= 15 is 0 Å². The standard InChI is InChI=1S/C29H30FN9O3/c1-40-27-3-2-18(9-35-27)13-38-19-6-20(38)15-37(14-19)26-12-33-25(11-34-26)23-7-21(42-17-22-10-32-4-5-41-22)16-39-28(23)24(8-31)29(30)36-39/h2-3,7,9,11-12,16,19-20,22,32H,4-6,10,13-15,17H2,1H3/t19?,20?,22-/m0/s1. The van der Waals surface area contributed by atoms with Crippen LogP contribution in [0, 0.1) is 17.3 Å². The molecule has 0 saturated carbocycles. The zero-order valence-corrected chi connectivity index (χ0v) is 23.1. The Morgan fingerprint density at radius 2 is 2.05 bits per heavy atom. The van der Waals surface area contributed by atoms with Gasteiger partial charge in [-0.1, -0.05) is 6.07 Å². The first-order valence-corrected chi connectivity index (χ1v) is 14.0. The van der Waals surface area contributed by atoms with Gasteiger partial charge in [-0.05, 0) is 18.1 Å². The predicted molar refractivity (Wildman–Crippen MR) is 150 cm³/mol. The maximum atomic E-state index is 14.6. The van der Waals surface area contributed by atoms with Crippen LogP contribution in [-0.2, 0) is 11.3 Å². The minimum Gasteiger partial charge on any atom is -0.489 e. The molecule has 4 aliphatic rings. The highest BCUT2D eigenvalue weighted by Gasteiger charge is 2.44. The first-order chi connectivity index (χ1) is 20.6. The predicted octanol–water partition coefficient (Wildman–Crippen LogP) is 2.04. The van der Waals surface area contributed by atoms with E-state index in [9.17, 15) is 9.65 Å². The largest absolute Gasteiger partial charge is 0.489 e. The van der Waals surface area contributed by atoms with Crippen LogP contribution in [0.3, 0.4) is 0 Å². The van der Waals surface area contributed by atoms with Crippen molar-refractivity contribution in [2.45, 2.75) is 31.2 Å². The quantitative estimate of drug-likeness (QED) is 0.334. The molecule has 0 radical (unpaired) electrons. The Balaban J connectivity index is 1.08. The van der Waals surface area contributed by atoms with Crippen LogP contribution in [0.4, 0.5) is 10.2 Å². The molecule has 13 heteroatoms. The van der Waals surface area contributed by atoms with E-state index in [1.165, 1.54) is 4.52 Å². The fourth-order valence-electron chi connectivity index (χ4n) is 6.01. The number of nitrogens with one attached hydrogen (secondary N) is 1. The summed E-state index contributed by atoms with van der Waals surface area (Å²) in [5.41, 5.74) is 2.35. The smallest absolute Gasteiger partial charge is 0.251 e. The van der Waals surface area contributed by atoms with Gasteiger partial charge < -0.3 is 24.4 Å². The van der Waals surface area contributed by atoms with Crippen LogP contribution in [0.25, 0.3) is 16.8 Å². The number of nitrogens with zero attached hydrogens (tertiary/aromatic N) is 8. The molecule has 0 aliphatic carbocycles. The Morgan fingerprint density at radius 1 is 1.17 bits per heavy atom. The number of rotatable bonds is 8. The molecular formula is C29H30FN9O3. The van der Waals surface area contributed by atoms with Gasteiger partial charge in [0.25, 0.3) is 5.95 Å². The van der Waals surface area contributed by atoms with Crippen LogP contribution >= 0.6 is 0 Å². The van der Waals surface area contributed by atoms with Gasteiger partial charge in [0.15, 0.2) is 0 Å². The second-order valence-electron chi connectivity index (χ2n) is 10.8. The summed E-state index contributed by atoms with van der Waals surface area (Å²) in [5, 5.41) is 16.8. The summed E-state index contributed by atoms with van der Waals surface area (Å²) in [6.45, 7) is 4.99. The normalized spacial score (nSPS) is 22.0. The molecule has 12 nitrogen and oxygen atoms in total. The molecule has 4 aromatic rings. The zero-order chi connectivity index (χ0) is 28.6. The molecule has 0 aromatic carbocycles. The van der Waals surface area contributed by atoms with Gasteiger partial charge in [-0.3, -0.25) is 9.88 Å². The fourth-order valence-corrected chi connectivity index (χ4v) is 6.01. The van der Waals surface area contributed by atoms with Crippen molar-refractivity contribution in [3.63, 3.8) is 0 Å². The average Bonchev–Trinajstić information content (AvgIpc) is 3.37. The van der Waals surface area contributed by atoms with Gasteiger partial charge >= 0.3 is 0 Å². The Bertz CT molecular complexity index is 1600. The van der Waals surface area contributed by atoms with Crippen molar-refractivity contribution < 1.29 is 18.6 Å². The summed E-state index contributed by atoms with van der Waals surface area (Å²) in [7, 11) is 1.62. The highest BCUT2D eigenvalue weighted by molar-refractivity contribution is 5.83. The maximum absolute atomic E-state index is 14.6. The van der Waals surface area contributed by atoms with E-state index in [1.54, 1.807) is 31.8 Å². The zero-order valence-electron chi connectivity index (χ0n) is 23.1. The van der Waals surface area contributed by atoms with E-state index in [2.05, 4.69) is 31.3 Å². The molecule has 4 fully saturated rings. The average molecular weight is 572 g/mol. The van der Waals surface area contributed by atoms with E-state index in [-0.39, 0.29) is 11.7 Å². The molecule has 2 bridgehead atoms. The molecule has 2 unspecified atom stereocenters. The number of piperidine rings is 1. The topological polar surface area (TPSA) is 126 Å². The second-order valence-corrected chi connectivity index (χ2v) is 10.8. The second kappa shape index (κ2) is 11.1. The van der Waals surface area contributed by atoms with Gasteiger partial charge in [0.2, 0.25) is 5.88 Å². The summed E-state index contributed by atoms with van der Waals surface area (Å²) >= 11 is 0. The molecule has 8 rings (SSSR count). The number of methoxy groups -OCH3 is 1. The number of aromatic nitrogens is 5. The van der Waals surface area contributed by atoms with Crippen molar-refractivity contribution in [2.75, 3.05) is 51.4 Å². The van der Waals surface area contributed by atoms with Crippen LogP contribution in [0.2, 0.25) is 0 Å². The molecule has 4 saturated heterocycles. The number of nitriles is 1. The van der Waals surface area contributed by atoms with Crippen molar-refractivity contribution in [1.82, 2.24) is 34.8 Å². The number of morpholine rings is 1. The molecule has 0 spiro atoms. The minimum absolute atomic E-state index is 0.0967. The van der Waals surface area contributed by atoms with Crippen LogP contribution in [-0.4, -0.2) is 94.2 Å². The first-order valence-electron chi connectivity index (χ1n) is 14.0. The van der Waals surface area contributed by atoms with Gasteiger partial charge in [-0.15, -0.1) is 5.10 Å². The Labute approximate surface area is 241 Å². The highest BCUT2D eigenvalue weighted by atomic mass is 19.1. The van der Waals surface area contributed by atoms with Crippen molar-refractivity contribution in [3.8, 4) is 29.0 Å². The first kappa shape index (κ1) is 26.5. The Hall–Kier alpha value is -4.38. The summed E-state index contributed by atoms with van der Waals surface area (Å²) in [5.74, 6) is 1.02. The molecule has 1 N–H and O–H groups in total. The molecule has 42 heavy (non-hydrogen) atoms. The Kier molecular flexibility index (Phi) is 7.02. The Morgan fingerprint density at radius 3 is 2.74 bits per heavy atom. The summed E-state index contributed by atoms with van der Waals surface area (Å²) in [6, 6.07) is 8.49.